The summed E-state index contributed by atoms with van der Waals surface area (Å²) in [7, 11) is 0. The highest BCUT2D eigenvalue weighted by molar-refractivity contribution is 5.75. The van der Waals surface area contributed by atoms with Crippen molar-refractivity contribution in [1.82, 2.24) is 0 Å². The van der Waals surface area contributed by atoms with Gasteiger partial charge in [0.1, 0.15) is 5.75 Å². The molecule has 0 radical (unpaired) electrons. The van der Waals surface area contributed by atoms with E-state index < -0.39 is 54.6 Å². The second kappa shape index (κ2) is 9.24. The lowest BCUT2D eigenvalue weighted by atomic mass is 9.97. The Kier molecular flexibility index (Phi) is 6.99. The third kappa shape index (κ3) is 5.82. The summed E-state index contributed by atoms with van der Waals surface area (Å²) in [6.45, 7) is 3.20. The van der Waals surface area contributed by atoms with Crippen molar-refractivity contribution < 1.29 is 48.0 Å². The minimum atomic E-state index is -1.76. The van der Waals surface area contributed by atoms with Crippen molar-refractivity contribution in [3.05, 3.63) is 24.3 Å². The molecule has 29 heavy (non-hydrogen) atoms. The van der Waals surface area contributed by atoms with Gasteiger partial charge in [-0.1, -0.05) is 0 Å². The molecule has 0 bridgehead atoms. The summed E-state index contributed by atoms with van der Waals surface area (Å²) in [6, 6.07) is 6.02. The smallest absolute Gasteiger partial charge is 0.337 e. The molecule has 1 aliphatic heterocycles. The molecule has 1 aliphatic rings. The molecule has 1 aromatic rings. The second-order valence-corrected chi connectivity index (χ2v) is 6.17. The van der Waals surface area contributed by atoms with Gasteiger partial charge >= 0.3 is 23.9 Å². The van der Waals surface area contributed by atoms with E-state index in [4.69, 9.17) is 29.4 Å². The Morgan fingerprint density at radius 1 is 0.862 bits per heavy atom. The lowest BCUT2D eigenvalue weighted by molar-refractivity contribution is -0.281. The van der Waals surface area contributed by atoms with Crippen LogP contribution < -0.4 is 10.5 Å². The molecule has 2 rings (SSSR count). The topological polar surface area (TPSA) is 161 Å². The fourth-order valence-corrected chi connectivity index (χ4v) is 2.75. The number of nitrogen functional groups attached to an aromatic ring is 1. The van der Waals surface area contributed by atoms with Crippen LogP contribution in [0.15, 0.2) is 24.3 Å². The van der Waals surface area contributed by atoms with Gasteiger partial charge < -0.3 is 34.5 Å². The summed E-state index contributed by atoms with van der Waals surface area (Å²) >= 11 is 0. The van der Waals surface area contributed by atoms with Gasteiger partial charge in [-0.25, -0.2) is 4.79 Å². The number of hydrogen-bond acceptors (Lipinski definition) is 10. The minimum absolute atomic E-state index is 0.220. The van der Waals surface area contributed by atoms with Crippen molar-refractivity contribution in [2.45, 2.75) is 51.5 Å². The van der Waals surface area contributed by atoms with Gasteiger partial charge in [-0.2, -0.15) is 0 Å². The molecule has 1 fully saturated rings. The molecule has 0 saturated carbocycles. The molecule has 158 valence electrons. The van der Waals surface area contributed by atoms with Crippen molar-refractivity contribution in [3.8, 4) is 5.75 Å². The van der Waals surface area contributed by atoms with Gasteiger partial charge in [0.05, 0.1) is 0 Å². The van der Waals surface area contributed by atoms with E-state index in [1.54, 1.807) is 0 Å². The largest absolute Gasteiger partial charge is 0.479 e. The van der Waals surface area contributed by atoms with Crippen LogP contribution in [0.2, 0.25) is 0 Å². The molecule has 0 aliphatic carbocycles. The monoisotopic (exact) mass is 411 g/mol. The number of ether oxygens (including phenoxy) is 5. The van der Waals surface area contributed by atoms with E-state index in [9.17, 15) is 24.3 Å². The van der Waals surface area contributed by atoms with Crippen LogP contribution in [-0.4, -0.2) is 59.7 Å². The third-order valence-corrected chi connectivity index (χ3v) is 3.78. The molecule has 1 saturated heterocycles. The predicted molar refractivity (Wildman–Crippen MR) is 94.4 cm³/mol. The van der Waals surface area contributed by atoms with Crippen LogP contribution in [0, 0.1) is 0 Å². The second-order valence-electron chi connectivity index (χ2n) is 6.17. The molecular formula is C18H21NO10. The Labute approximate surface area is 165 Å². The predicted octanol–water partition coefficient (Wildman–Crippen LogP) is 0.252. The summed E-state index contributed by atoms with van der Waals surface area (Å²) in [4.78, 5) is 46.4. The Morgan fingerprint density at radius 2 is 1.34 bits per heavy atom. The van der Waals surface area contributed by atoms with Gasteiger partial charge in [0.2, 0.25) is 12.4 Å². The summed E-state index contributed by atoms with van der Waals surface area (Å²) < 4.78 is 26.4. The number of aliphatic carboxylic acids is 1. The average molecular weight is 411 g/mol. The van der Waals surface area contributed by atoms with Gasteiger partial charge in [0, 0.05) is 26.5 Å². The lowest BCUT2D eigenvalue weighted by Crippen LogP contribution is -2.64. The van der Waals surface area contributed by atoms with Crippen LogP contribution in [0.3, 0.4) is 0 Å². The molecule has 0 unspecified atom stereocenters. The zero-order valence-corrected chi connectivity index (χ0v) is 15.9. The van der Waals surface area contributed by atoms with E-state index in [-0.39, 0.29) is 5.75 Å². The first kappa shape index (κ1) is 22.0. The van der Waals surface area contributed by atoms with Crippen molar-refractivity contribution in [1.29, 1.82) is 0 Å². The summed E-state index contributed by atoms with van der Waals surface area (Å²) in [5, 5.41) is 9.53. The maximum Gasteiger partial charge on any atom is 0.337 e. The number of benzene rings is 1. The Morgan fingerprint density at radius 3 is 1.83 bits per heavy atom. The zero-order valence-electron chi connectivity index (χ0n) is 15.9. The molecular weight excluding hydrogens is 390 g/mol. The first-order chi connectivity index (χ1) is 13.6. The number of carboxylic acids is 1. The SMILES string of the molecule is CC(=O)O[C@H]1[C@H](OC(C)=O)[C@@H](Oc2ccc(N)cc2)O[C@@H](C(=O)O)[C@@H]1OC(C)=O. The van der Waals surface area contributed by atoms with Crippen molar-refractivity contribution in [2.24, 2.45) is 0 Å². The molecule has 3 N–H and O–H groups in total. The average Bonchev–Trinajstić information content (AvgIpc) is 2.60. The van der Waals surface area contributed by atoms with E-state index in [1.807, 2.05) is 0 Å². The number of hydrogen-bond donors (Lipinski definition) is 2. The van der Waals surface area contributed by atoms with Crippen LogP contribution in [0.4, 0.5) is 5.69 Å². The molecule has 0 aromatic heterocycles. The maximum absolute atomic E-state index is 11.7. The van der Waals surface area contributed by atoms with Gasteiger partial charge in [-0.3, -0.25) is 14.4 Å². The van der Waals surface area contributed by atoms with Crippen LogP contribution in [0.5, 0.6) is 5.75 Å². The molecule has 1 aromatic carbocycles. The number of anilines is 1. The van der Waals surface area contributed by atoms with Crippen LogP contribution >= 0.6 is 0 Å². The summed E-state index contributed by atoms with van der Waals surface area (Å²) in [5.41, 5.74) is 6.07. The Balaban J connectivity index is 2.45. The molecule has 0 spiro atoms. The standard InChI is InChI=1S/C18H21NO10/c1-8(20)25-13-14(26-9(2)21)16(27-10(3)22)18(29-15(13)17(23)24)28-12-6-4-11(19)5-7-12/h4-7,13-16,18H,19H2,1-3H3,(H,23,24)/t13-,14-,15-,16+,18+/m1/s1. The Hall–Kier alpha value is -3.34. The highest BCUT2D eigenvalue weighted by Crippen LogP contribution is 2.31. The molecule has 0 amide bonds. The molecule has 5 atom stereocenters. The zero-order chi connectivity index (χ0) is 21.7. The number of esters is 3. The third-order valence-electron chi connectivity index (χ3n) is 3.78. The van der Waals surface area contributed by atoms with E-state index in [1.165, 1.54) is 24.3 Å². The Bertz CT molecular complexity index is 777. The van der Waals surface area contributed by atoms with E-state index in [2.05, 4.69) is 0 Å². The number of carbonyl (C=O) groups excluding carboxylic acids is 3. The first-order valence-corrected chi connectivity index (χ1v) is 8.50. The lowest BCUT2D eigenvalue weighted by Gasteiger charge is -2.42. The normalized spacial score (nSPS) is 26.1. The van der Waals surface area contributed by atoms with Crippen molar-refractivity contribution in [3.63, 3.8) is 0 Å². The highest BCUT2D eigenvalue weighted by atomic mass is 16.7. The molecule has 1 heterocycles. The summed E-state index contributed by atoms with van der Waals surface area (Å²) in [5.74, 6) is -3.72. The number of carbonyl (C=O) groups is 4. The maximum atomic E-state index is 11.7. The number of rotatable bonds is 6. The van der Waals surface area contributed by atoms with Crippen LogP contribution in [0.25, 0.3) is 0 Å². The van der Waals surface area contributed by atoms with Gasteiger partial charge in [0.15, 0.2) is 18.3 Å². The number of nitrogens with two attached hydrogens (primary N) is 1. The minimum Gasteiger partial charge on any atom is -0.479 e. The van der Waals surface area contributed by atoms with Gasteiger partial charge in [-0.05, 0) is 24.3 Å². The number of carboxylic acid groups (broad SMARTS) is 1. The van der Waals surface area contributed by atoms with Gasteiger partial charge in [-0.15, -0.1) is 0 Å². The molecule has 11 heteroatoms. The van der Waals surface area contributed by atoms with E-state index in [0.29, 0.717) is 5.69 Å². The fraction of sp³-hybridized carbons (Fsp3) is 0.444. The molecule has 11 nitrogen and oxygen atoms in total. The quantitative estimate of drug-likeness (QED) is 0.375. The van der Waals surface area contributed by atoms with Crippen LogP contribution in [-0.2, 0) is 38.1 Å². The van der Waals surface area contributed by atoms with Crippen molar-refractivity contribution in [2.75, 3.05) is 5.73 Å². The van der Waals surface area contributed by atoms with Crippen molar-refractivity contribution >= 4 is 29.6 Å². The van der Waals surface area contributed by atoms with E-state index in [0.717, 1.165) is 20.8 Å². The highest BCUT2D eigenvalue weighted by Gasteiger charge is 2.55. The summed E-state index contributed by atoms with van der Waals surface area (Å²) in [6.07, 6.45) is -7.74. The fourth-order valence-electron chi connectivity index (χ4n) is 2.75. The van der Waals surface area contributed by atoms with Gasteiger partial charge in [0.25, 0.3) is 0 Å². The van der Waals surface area contributed by atoms with E-state index >= 15 is 0 Å². The van der Waals surface area contributed by atoms with Crippen LogP contribution in [0.1, 0.15) is 20.8 Å². The first-order valence-electron chi connectivity index (χ1n) is 8.50.